The van der Waals surface area contributed by atoms with Crippen molar-refractivity contribution in [3.05, 3.63) is 34.4 Å². The van der Waals surface area contributed by atoms with Gasteiger partial charge in [0.2, 0.25) is 0 Å². The normalized spacial score (nSPS) is 17.1. The third-order valence-corrected chi connectivity index (χ3v) is 3.81. The molecule has 0 bridgehead atoms. The van der Waals surface area contributed by atoms with E-state index in [-0.39, 0.29) is 24.8 Å². The number of rotatable bonds is 3. The second kappa shape index (κ2) is 9.22. The number of nitrogens with zero attached hydrogens (tertiary/aromatic N) is 1. The molecule has 1 aromatic carbocycles. The highest BCUT2D eigenvalue weighted by Crippen LogP contribution is 2.39. The summed E-state index contributed by atoms with van der Waals surface area (Å²) in [6.45, 7) is 1.60. The highest BCUT2D eigenvalue weighted by molar-refractivity contribution is 6.31. The van der Waals surface area contributed by atoms with Crippen LogP contribution in [0.15, 0.2) is 12.1 Å². The van der Waals surface area contributed by atoms with Crippen LogP contribution >= 0.6 is 36.4 Å². The Labute approximate surface area is 148 Å². The minimum atomic E-state index is -4.50. The van der Waals surface area contributed by atoms with Crippen molar-refractivity contribution in [1.82, 2.24) is 10.2 Å². The van der Waals surface area contributed by atoms with Crippen molar-refractivity contribution in [3.63, 3.8) is 0 Å². The third kappa shape index (κ3) is 5.90. The molecule has 0 unspecified atom stereocenters. The lowest BCUT2D eigenvalue weighted by Gasteiger charge is -2.36. The van der Waals surface area contributed by atoms with Crippen LogP contribution in [0.4, 0.5) is 22.0 Å². The quantitative estimate of drug-likeness (QED) is 0.598. The van der Waals surface area contributed by atoms with E-state index >= 15 is 0 Å². The van der Waals surface area contributed by atoms with Gasteiger partial charge in [-0.3, -0.25) is 4.90 Å². The summed E-state index contributed by atoms with van der Waals surface area (Å²) in [5.74, 6) is -1.84. The predicted octanol–water partition coefficient (Wildman–Crippen LogP) is 4.36. The fraction of sp³-hybridized carbons (Fsp3) is 0.538. The Hall–Kier alpha value is -0.340. The molecular weight excluding hydrogens is 386 g/mol. The first-order valence-electron chi connectivity index (χ1n) is 6.44. The lowest BCUT2D eigenvalue weighted by Crippen LogP contribution is -2.46. The maximum atomic E-state index is 13.9. The van der Waals surface area contributed by atoms with E-state index in [1.54, 1.807) is 0 Å². The molecule has 1 N–H and O–H groups in total. The average molecular weight is 402 g/mol. The van der Waals surface area contributed by atoms with E-state index in [4.69, 9.17) is 11.6 Å². The minimum Gasteiger partial charge on any atom is -0.314 e. The van der Waals surface area contributed by atoms with Gasteiger partial charge in [0, 0.05) is 37.8 Å². The lowest BCUT2D eigenvalue weighted by molar-refractivity contribution is -0.149. The molecule has 0 radical (unpaired) electrons. The van der Waals surface area contributed by atoms with Crippen LogP contribution in [0.5, 0.6) is 0 Å². The summed E-state index contributed by atoms with van der Waals surface area (Å²) < 4.78 is 65.9. The van der Waals surface area contributed by atoms with Gasteiger partial charge in [0.25, 0.3) is 0 Å². The second-order valence-corrected chi connectivity index (χ2v) is 5.26. The molecule has 0 amide bonds. The van der Waals surface area contributed by atoms with Crippen molar-refractivity contribution in [1.29, 1.82) is 0 Å². The Kier molecular flexibility index (Phi) is 9.09. The molecule has 23 heavy (non-hydrogen) atoms. The molecule has 1 fully saturated rings. The van der Waals surface area contributed by atoms with Crippen molar-refractivity contribution < 1.29 is 22.0 Å². The molecule has 0 saturated carbocycles. The maximum absolute atomic E-state index is 13.9. The van der Waals surface area contributed by atoms with Gasteiger partial charge in [-0.05, 0) is 12.1 Å². The van der Waals surface area contributed by atoms with Crippen LogP contribution in [0.3, 0.4) is 0 Å². The van der Waals surface area contributed by atoms with E-state index in [1.165, 1.54) is 4.90 Å². The van der Waals surface area contributed by atoms with Crippen molar-refractivity contribution in [2.45, 2.75) is 18.6 Å². The first kappa shape index (κ1) is 22.7. The monoisotopic (exact) mass is 400 g/mol. The van der Waals surface area contributed by atoms with Gasteiger partial charge >= 0.3 is 6.18 Å². The summed E-state index contributed by atoms with van der Waals surface area (Å²) >= 11 is 5.72. The Morgan fingerprint density at radius 3 is 2.13 bits per heavy atom. The van der Waals surface area contributed by atoms with Crippen LogP contribution in [-0.4, -0.2) is 37.3 Å². The molecule has 0 spiro atoms. The smallest absolute Gasteiger partial charge is 0.314 e. The Morgan fingerprint density at radius 2 is 1.61 bits per heavy atom. The fourth-order valence-electron chi connectivity index (χ4n) is 2.47. The number of halogens is 8. The van der Waals surface area contributed by atoms with Gasteiger partial charge in [0.15, 0.2) is 0 Å². The molecule has 10 heteroatoms. The van der Waals surface area contributed by atoms with Crippen molar-refractivity contribution in [3.8, 4) is 0 Å². The van der Waals surface area contributed by atoms with Crippen LogP contribution in [-0.2, 0) is 0 Å². The molecule has 1 saturated heterocycles. The van der Waals surface area contributed by atoms with Gasteiger partial charge in [0.1, 0.15) is 11.6 Å². The van der Waals surface area contributed by atoms with E-state index < -0.39 is 40.9 Å². The Balaban J connectivity index is 0.00000242. The fourth-order valence-corrected chi connectivity index (χ4v) is 2.75. The number of nitrogens with one attached hydrogen (secondary N) is 1. The highest BCUT2D eigenvalue weighted by atomic mass is 35.5. The van der Waals surface area contributed by atoms with E-state index in [2.05, 4.69) is 5.32 Å². The molecule has 2 rings (SSSR count). The standard InChI is InChI=1S/C13H14ClF5N2.2ClH/c14-12-9(16)2-1-8(15)11(12)10(7-13(17,18)19)21-5-3-20-4-6-21;;/h1-2,10,20H,3-7H2;2*1H/t10-;;/m0../s1. The van der Waals surface area contributed by atoms with Crippen LogP contribution in [0.25, 0.3) is 0 Å². The van der Waals surface area contributed by atoms with Gasteiger partial charge in [-0.2, -0.15) is 13.2 Å². The Morgan fingerprint density at radius 1 is 1.09 bits per heavy atom. The molecule has 1 aliphatic rings. The van der Waals surface area contributed by atoms with Crippen LogP contribution < -0.4 is 5.32 Å². The van der Waals surface area contributed by atoms with Crippen molar-refractivity contribution in [2.75, 3.05) is 26.2 Å². The van der Waals surface area contributed by atoms with Gasteiger partial charge in [-0.25, -0.2) is 8.78 Å². The van der Waals surface area contributed by atoms with Crippen molar-refractivity contribution in [2.24, 2.45) is 0 Å². The number of alkyl halides is 3. The summed E-state index contributed by atoms with van der Waals surface area (Å²) in [6.07, 6.45) is -5.77. The van der Waals surface area contributed by atoms with Crippen molar-refractivity contribution >= 4 is 36.4 Å². The molecular formula is C13H16Cl3F5N2. The van der Waals surface area contributed by atoms with Crippen LogP contribution in [0.2, 0.25) is 5.02 Å². The summed E-state index contributed by atoms with van der Waals surface area (Å²) in [7, 11) is 0. The highest BCUT2D eigenvalue weighted by Gasteiger charge is 2.38. The van der Waals surface area contributed by atoms with Gasteiger partial charge < -0.3 is 5.32 Å². The zero-order valence-corrected chi connectivity index (χ0v) is 14.2. The minimum absolute atomic E-state index is 0. The summed E-state index contributed by atoms with van der Waals surface area (Å²) in [5, 5.41) is 2.42. The molecule has 0 aromatic heterocycles. The molecule has 0 aliphatic carbocycles. The second-order valence-electron chi connectivity index (χ2n) is 4.88. The van der Waals surface area contributed by atoms with Crippen LogP contribution in [0, 0.1) is 11.6 Å². The molecule has 1 aliphatic heterocycles. The van der Waals surface area contributed by atoms with Crippen LogP contribution in [0.1, 0.15) is 18.0 Å². The molecule has 1 aromatic rings. The first-order valence-corrected chi connectivity index (χ1v) is 6.82. The number of hydrogen-bond donors (Lipinski definition) is 1. The largest absolute Gasteiger partial charge is 0.390 e. The zero-order valence-electron chi connectivity index (χ0n) is 11.8. The zero-order chi connectivity index (χ0) is 15.6. The Bertz CT molecular complexity index is 507. The summed E-state index contributed by atoms with van der Waals surface area (Å²) in [5.41, 5.74) is -0.420. The number of hydrogen-bond acceptors (Lipinski definition) is 2. The third-order valence-electron chi connectivity index (χ3n) is 3.43. The number of benzene rings is 1. The topological polar surface area (TPSA) is 15.3 Å². The molecule has 2 nitrogen and oxygen atoms in total. The summed E-state index contributed by atoms with van der Waals surface area (Å²) in [4.78, 5) is 1.48. The first-order chi connectivity index (χ1) is 9.79. The van der Waals surface area contributed by atoms with Gasteiger partial charge in [0.05, 0.1) is 11.4 Å². The molecule has 134 valence electrons. The predicted molar refractivity (Wildman–Crippen MR) is 83.7 cm³/mol. The SMILES string of the molecule is Cl.Cl.Fc1ccc(F)c([C@H](CC(F)(F)F)N2CCNCC2)c1Cl. The maximum Gasteiger partial charge on any atom is 0.390 e. The summed E-state index contributed by atoms with van der Waals surface area (Å²) in [6, 6.07) is 0.293. The van der Waals surface area contributed by atoms with E-state index in [1.807, 2.05) is 0 Å². The van der Waals surface area contributed by atoms with Gasteiger partial charge in [-0.15, -0.1) is 24.8 Å². The van der Waals surface area contributed by atoms with E-state index in [0.29, 0.717) is 26.2 Å². The molecule has 1 heterocycles. The van der Waals surface area contributed by atoms with Gasteiger partial charge in [-0.1, -0.05) is 11.6 Å². The molecule has 1 atom stereocenters. The average Bonchev–Trinajstić information content (AvgIpc) is 2.42. The number of piperazine rings is 1. The van der Waals surface area contributed by atoms with E-state index in [0.717, 1.165) is 12.1 Å². The lowest BCUT2D eigenvalue weighted by atomic mass is 9.99. The van der Waals surface area contributed by atoms with E-state index in [9.17, 15) is 22.0 Å².